The van der Waals surface area contributed by atoms with Gasteiger partial charge in [0, 0.05) is 11.6 Å². The van der Waals surface area contributed by atoms with Crippen LogP contribution in [0.15, 0.2) is 18.2 Å². The highest BCUT2D eigenvalue weighted by Gasteiger charge is 2.02. The predicted octanol–water partition coefficient (Wildman–Crippen LogP) is 1.94. The summed E-state index contributed by atoms with van der Waals surface area (Å²) in [4.78, 5) is 2.12. The normalized spacial score (nSPS) is 10.9. The van der Waals surface area contributed by atoms with Gasteiger partial charge in [0.2, 0.25) is 0 Å². The van der Waals surface area contributed by atoms with Crippen molar-refractivity contribution in [2.75, 3.05) is 20.6 Å². The summed E-state index contributed by atoms with van der Waals surface area (Å²) in [5.74, 6) is 0. The number of aliphatic hydroxyl groups is 1. The SMILES string of the molecule is CN(C)CCc1ccc(CO)cc1Cl. The number of likely N-dealkylation sites (N-methyl/N-ethyl adjacent to an activating group) is 1. The fraction of sp³-hybridized carbons (Fsp3) is 0.455. The van der Waals surface area contributed by atoms with Crippen LogP contribution in [0.2, 0.25) is 5.02 Å². The van der Waals surface area contributed by atoms with Crippen LogP contribution < -0.4 is 0 Å². The standard InChI is InChI=1S/C11H16ClNO/c1-13(2)6-5-10-4-3-9(8-14)7-11(10)12/h3-4,7,14H,5-6,8H2,1-2H3. The van der Waals surface area contributed by atoms with E-state index in [4.69, 9.17) is 16.7 Å². The van der Waals surface area contributed by atoms with Gasteiger partial charge >= 0.3 is 0 Å². The molecule has 0 aliphatic rings. The summed E-state index contributed by atoms with van der Waals surface area (Å²) in [5.41, 5.74) is 2.00. The maximum atomic E-state index is 8.90. The van der Waals surface area contributed by atoms with Crippen LogP contribution in [0, 0.1) is 0 Å². The van der Waals surface area contributed by atoms with Crippen LogP contribution in [0.5, 0.6) is 0 Å². The summed E-state index contributed by atoms with van der Waals surface area (Å²) in [6, 6.07) is 5.72. The highest BCUT2D eigenvalue weighted by Crippen LogP contribution is 2.18. The van der Waals surface area contributed by atoms with Gasteiger partial charge in [-0.3, -0.25) is 0 Å². The fourth-order valence-corrected chi connectivity index (χ4v) is 1.53. The zero-order valence-electron chi connectivity index (χ0n) is 8.63. The topological polar surface area (TPSA) is 23.5 Å². The molecule has 78 valence electrons. The van der Waals surface area contributed by atoms with Gasteiger partial charge in [-0.05, 0) is 37.7 Å². The minimum atomic E-state index is 0.0493. The molecule has 1 aromatic carbocycles. The molecular weight excluding hydrogens is 198 g/mol. The molecule has 0 unspecified atom stereocenters. The zero-order valence-corrected chi connectivity index (χ0v) is 9.38. The first-order valence-electron chi connectivity index (χ1n) is 4.66. The number of nitrogens with zero attached hydrogens (tertiary/aromatic N) is 1. The maximum absolute atomic E-state index is 8.90. The van der Waals surface area contributed by atoms with E-state index in [0.717, 1.165) is 29.1 Å². The largest absolute Gasteiger partial charge is 0.392 e. The lowest BCUT2D eigenvalue weighted by Crippen LogP contribution is -2.15. The van der Waals surface area contributed by atoms with Crippen molar-refractivity contribution in [3.63, 3.8) is 0 Å². The summed E-state index contributed by atoms with van der Waals surface area (Å²) >= 11 is 6.06. The fourth-order valence-electron chi connectivity index (χ4n) is 1.24. The molecule has 0 radical (unpaired) electrons. The van der Waals surface area contributed by atoms with Crippen molar-refractivity contribution < 1.29 is 5.11 Å². The highest BCUT2D eigenvalue weighted by molar-refractivity contribution is 6.31. The Hall–Kier alpha value is -0.570. The summed E-state index contributed by atoms with van der Waals surface area (Å²) < 4.78 is 0. The molecule has 1 aromatic rings. The van der Waals surface area contributed by atoms with Crippen molar-refractivity contribution in [1.29, 1.82) is 0 Å². The van der Waals surface area contributed by atoms with Crippen molar-refractivity contribution in [1.82, 2.24) is 4.90 Å². The third-order valence-corrected chi connectivity index (χ3v) is 2.48. The number of halogens is 1. The number of hydrogen-bond donors (Lipinski definition) is 1. The van der Waals surface area contributed by atoms with E-state index >= 15 is 0 Å². The van der Waals surface area contributed by atoms with Crippen molar-refractivity contribution in [3.8, 4) is 0 Å². The number of benzene rings is 1. The minimum absolute atomic E-state index is 0.0493. The van der Waals surface area contributed by atoms with Crippen LogP contribution in [0.4, 0.5) is 0 Å². The predicted molar refractivity (Wildman–Crippen MR) is 59.6 cm³/mol. The Morgan fingerprint density at radius 3 is 2.57 bits per heavy atom. The van der Waals surface area contributed by atoms with Crippen molar-refractivity contribution in [2.45, 2.75) is 13.0 Å². The van der Waals surface area contributed by atoms with Crippen LogP contribution in [-0.4, -0.2) is 30.6 Å². The van der Waals surface area contributed by atoms with E-state index in [2.05, 4.69) is 4.90 Å². The highest BCUT2D eigenvalue weighted by atomic mass is 35.5. The van der Waals surface area contributed by atoms with Gasteiger partial charge in [0.05, 0.1) is 6.61 Å². The van der Waals surface area contributed by atoms with E-state index in [0.29, 0.717) is 0 Å². The molecule has 0 spiro atoms. The van der Waals surface area contributed by atoms with Gasteiger partial charge in [0.15, 0.2) is 0 Å². The molecule has 0 aromatic heterocycles. The van der Waals surface area contributed by atoms with E-state index in [-0.39, 0.29) is 6.61 Å². The van der Waals surface area contributed by atoms with Crippen LogP contribution in [-0.2, 0) is 13.0 Å². The van der Waals surface area contributed by atoms with Gasteiger partial charge in [0.25, 0.3) is 0 Å². The molecule has 0 saturated heterocycles. The average molecular weight is 214 g/mol. The maximum Gasteiger partial charge on any atom is 0.0682 e. The summed E-state index contributed by atoms with van der Waals surface area (Å²) in [6.45, 7) is 1.03. The molecular formula is C11H16ClNO. The number of rotatable bonds is 4. The van der Waals surface area contributed by atoms with E-state index in [9.17, 15) is 0 Å². The number of hydrogen-bond acceptors (Lipinski definition) is 2. The monoisotopic (exact) mass is 213 g/mol. The second-order valence-corrected chi connectivity index (χ2v) is 4.04. The minimum Gasteiger partial charge on any atom is -0.392 e. The summed E-state index contributed by atoms with van der Waals surface area (Å²) in [7, 11) is 4.08. The Bertz CT molecular complexity index is 299. The van der Waals surface area contributed by atoms with Crippen molar-refractivity contribution in [2.24, 2.45) is 0 Å². The molecule has 0 fully saturated rings. The van der Waals surface area contributed by atoms with Crippen LogP contribution in [0.3, 0.4) is 0 Å². The molecule has 2 nitrogen and oxygen atoms in total. The van der Waals surface area contributed by atoms with E-state index in [1.54, 1.807) is 0 Å². The smallest absolute Gasteiger partial charge is 0.0682 e. The van der Waals surface area contributed by atoms with Crippen molar-refractivity contribution >= 4 is 11.6 Å². The Morgan fingerprint density at radius 1 is 1.36 bits per heavy atom. The van der Waals surface area contributed by atoms with Gasteiger partial charge in [-0.25, -0.2) is 0 Å². The lowest BCUT2D eigenvalue weighted by atomic mass is 10.1. The quantitative estimate of drug-likeness (QED) is 0.827. The average Bonchev–Trinajstić information content (AvgIpc) is 2.15. The Labute approximate surface area is 90.1 Å². The molecule has 3 heteroatoms. The third-order valence-electron chi connectivity index (χ3n) is 2.13. The first-order valence-corrected chi connectivity index (χ1v) is 5.04. The van der Waals surface area contributed by atoms with Gasteiger partial charge in [0.1, 0.15) is 0 Å². The Kier molecular flexibility index (Phi) is 4.39. The summed E-state index contributed by atoms with van der Waals surface area (Å²) in [5, 5.41) is 9.65. The first kappa shape index (κ1) is 11.5. The van der Waals surface area contributed by atoms with Crippen LogP contribution in [0.1, 0.15) is 11.1 Å². The van der Waals surface area contributed by atoms with E-state index in [1.807, 2.05) is 32.3 Å². The first-order chi connectivity index (χ1) is 6.63. The molecule has 14 heavy (non-hydrogen) atoms. The third kappa shape index (κ3) is 3.29. The van der Waals surface area contributed by atoms with E-state index in [1.165, 1.54) is 0 Å². The summed E-state index contributed by atoms with van der Waals surface area (Å²) in [6.07, 6.45) is 0.942. The lowest BCUT2D eigenvalue weighted by molar-refractivity contribution is 0.282. The second-order valence-electron chi connectivity index (χ2n) is 3.64. The number of aliphatic hydroxyl groups excluding tert-OH is 1. The van der Waals surface area contributed by atoms with Crippen LogP contribution in [0.25, 0.3) is 0 Å². The van der Waals surface area contributed by atoms with E-state index < -0.39 is 0 Å². The lowest BCUT2D eigenvalue weighted by Gasteiger charge is -2.10. The van der Waals surface area contributed by atoms with Gasteiger partial charge < -0.3 is 10.0 Å². The molecule has 0 saturated carbocycles. The molecule has 0 atom stereocenters. The van der Waals surface area contributed by atoms with Crippen molar-refractivity contribution in [3.05, 3.63) is 34.3 Å². The Morgan fingerprint density at radius 2 is 2.07 bits per heavy atom. The van der Waals surface area contributed by atoms with Gasteiger partial charge in [-0.2, -0.15) is 0 Å². The molecule has 1 rings (SSSR count). The molecule has 1 N–H and O–H groups in total. The molecule has 0 aliphatic heterocycles. The molecule has 0 amide bonds. The molecule has 0 bridgehead atoms. The zero-order chi connectivity index (χ0) is 10.6. The molecule has 0 aliphatic carbocycles. The van der Waals surface area contributed by atoms with Crippen LogP contribution >= 0.6 is 11.6 Å². The van der Waals surface area contributed by atoms with Gasteiger partial charge in [-0.15, -0.1) is 0 Å². The Balaban J connectivity index is 2.69. The second kappa shape index (κ2) is 5.35. The van der Waals surface area contributed by atoms with Gasteiger partial charge in [-0.1, -0.05) is 23.7 Å². The molecule has 0 heterocycles.